The molecule has 3 aromatic rings. The van der Waals surface area contributed by atoms with E-state index in [4.69, 9.17) is 16.3 Å². The minimum atomic E-state index is -4.16. The zero-order valence-corrected chi connectivity index (χ0v) is 26.1. The van der Waals surface area contributed by atoms with Gasteiger partial charge in [-0.3, -0.25) is 13.9 Å². The Balaban J connectivity index is 2.03. The minimum Gasteiger partial charge on any atom is -0.494 e. The van der Waals surface area contributed by atoms with Gasteiger partial charge >= 0.3 is 0 Å². The van der Waals surface area contributed by atoms with Gasteiger partial charge in [-0.25, -0.2) is 8.42 Å². The molecule has 0 saturated heterocycles. The quantitative estimate of drug-likeness (QED) is 0.237. The van der Waals surface area contributed by atoms with Crippen LogP contribution < -0.4 is 14.4 Å². The zero-order chi connectivity index (χ0) is 30.0. The van der Waals surface area contributed by atoms with Crippen LogP contribution in [0.15, 0.2) is 82.6 Å². The van der Waals surface area contributed by atoms with Gasteiger partial charge in [0.05, 0.1) is 17.2 Å². The number of amides is 2. The maximum atomic E-state index is 14.0. The molecule has 220 valence electrons. The van der Waals surface area contributed by atoms with Gasteiger partial charge in [0, 0.05) is 23.0 Å². The molecule has 0 bridgehead atoms. The highest BCUT2D eigenvalue weighted by atomic mass is 35.5. The van der Waals surface area contributed by atoms with Crippen LogP contribution in [0, 0.1) is 0 Å². The molecular formula is C30H36ClN3O5S2. The third-order valence-electron chi connectivity index (χ3n) is 6.32. The van der Waals surface area contributed by atoms with Crippen LogP contribution >= 0.6 is 23.4 Å². The fourth-order valence-electron chi connectivity index (χ4n) is 4.09. The normalized spacial score (nSPS) is 11.9. The van der Waals surface area contributed by atoms with Crippen molar-refractivity contribution >= 4 is 50.9 Å². The van der Waals surface area contributed by atoms with Gasteiger partial charge in [-0.05, 0) is 92.8 Å². The highest BCUT2D eigenvalue weighted by Crippen LogP contribution is 2.28. The lowest BCUT2D eigenvalue weighted by atomic mass is 10.1. The molecule has 41 heavy (non-hydrogen) atoms. The summed E-state index contributed by atoms with van der Waals surface area (Å²) in [4.78, 5) is 29.3. The molecule has 0 aromatic heterocycles. The second-order valence-electron chi connectivity index (χ2n) is 9.23. The van der Waals surface area contributed by atoms with E-state index in [2.05, 4.69) is 5.32 Å². The van der Waals surface area contributed by atoms with E-state index in [1.807, 2.05) is 20.1 Å². The lowest BCUT2D eigenvalue weighted by Crippen LogP contribution is -2.51. The first kappa shape index (κ1) is 32.3. The number of carbonyl (C=O) groups excluding carboxylic acids is 2. The molecule has 3 rings (SSSR count). The van der Waals surface area contributed by atoms with Crippen LogP contribution in [0.5, 0.6) is 5.75 Å². The van der Waals surface area contributed by atoms with Crippen molar-refractivity contribution in [3.05, 3.63) is 83.4 Å². The monoisotopic (exact) mass is 617 g/mol. The number of nitrogens with zero attached hydrogens (tertiary/aromatic N) is 2. The first-order valence-electron chi connectivity index (χ1n) is 13.3. The SMILES string of the molecule is CCCNC(=O)[C@@H](C)N(Cc1cccc(Cl)c1)C(=O)CN(c1ccc(OCC)cc1)S(=O)(=O)c1ccc(SC)cc1. The van der Waals surface area contributed by atoms with Gasteiger partial charge in [-0.15, -0.1) is 11.8 Å². The van der Waals surface area contributed by atoms with Crippen LogP contribution in [0.3, 0.4) is 0 Å². The van der Waals surface area contributed by atoms with Crippen molar-refractivity contribution < 1.29 is 22.7 Å². The van der Waals surface area contributed by atoms with Crippen molar-refractivity contribution in [3.8, 4) is 5.75 Å². The van der Waals surface area contributed by atoms with Crippen LogP contribution in [0.1, 0.15) is 32.8 Å². The van der Waals surface area contributed by atoms with Gasteiger partial charge in [0.2, 0.25) is 11.8 Å². The molecule has 1 atom stereocenters. The number of rotatable bonds is 14. The Hall–Kier alpha value is -3.21. The summed E-state index contributed by atoms with van der Waals surface area (Å²) in [5.74, 6) is -0.291. The molecule has 1 N–H and O–H groups in total. The molecule has 11 heteroatoms. The van der Waals surface area contributed by atoms with Gasteiger partial charge < -0.3 is 15.0 Å². The molecule has 2 amide bonds. The molecule has 0 heterocycles. The zero-order valence-electron chi connectivity index (χ0n) is 23.7. The Morgan fingerprint density at radius 2 is 1.71 bits per heavy atom. The number of hydrogen-bond donors (Lipinski definition) is 1. The minimum absolute atomic E-state index is 0.0483. The number of benzene rings is 3. The number of halogens is 1. The van der Waals surface area contributed by atoms with Crippen molar-refractivity contribution in [1.82, 2.24) is 10.2 Å². The van der Waals surface area contributed by atoms with Crippen molar-refractivity contribution in [2.45, 2.75) is 49.6 Å². The van der Waals surface area contributed by atoms with E-state index >= 15 is 0 Å². The van der Waals surface area contributed by atoms with E-state index in [0.29, 0.717) is 35.2 Å². The molecular weight excluding hydrogens is 582 g/mol. The Morgan fingerprint density at radius 1 is 1.02 bits per heavy atom. The number of anilines is 1. The number of nitrogens with one attached hydrogen (secondary N) is 1. The average Bonchev–Trinajstić information content (AvgIpc) is 2.97. The highest BCUT2D eigenvalue weighted by molar-refractivity contribution is 7.98. The predicted molar refractivity (Wildman–Crippen MR) is 165 cm³/mol. The third-order valence-corrected chi connectivity index (χ3v) is 9.09. The number of ether oxygens (including phenoxy) is 1. The Morgan fingerprint density at radius 3 is 2.29 bits per heavy atom. The predicted octanol–water partition coefficient (Wildman–Crippen LogP) is 5.60. The fourth-order valence-corrected chi connectivity index (χ4v) is 6.12. The summed E-state index contributed by atoms with van der Waals surface area (Å²) < 4.78 is 34.5. The van der Waals surface area contributed by atoms with E-state index in [1.54, 1.807) is 67.6 Å². The third kappa shape index (κ3) is 8.64. The number of carbonyl (C=O) groups is 2. The number of hydrogen-bond acceptors (Lipinski definition) is 6. The van der Waals surface area contributed by atoms with Gasteiger partial charge in [-0.1, -0.05) is 30.7 Å². The molecule has 0 aliphatic carbocycles. The van der Waals surface area contributed by atoms with E-state index in [-0.39, 0.29) is 17.3 Å². The number of thioether (sulfide) groups is 1. The summed E-state index contributed by atoms with van der Waals surface area (Å²) in [5, 5.41) is 3.32. The van der Waals surface area contributed by atoms with Crippen LogP contribution in [0.2, 0.25) is 5.02 Å². The van der Waals surface area contributed by atoms with Crippen molar-refractivity contribution in [1.29, 1.82) is 0 Å². The smallest absolute Gasteiger partial charge is 0.264 e. The molecule has 8 nitrogen and oxygen atoms in total. The molecule has 0 saturated carbocycles. The largest absolute Gasteiger partial charge is 0.494 e. The van der Waals surface area contributed by atoms with E-state index in [1.165, 1.54) is 28.8 Å². The Labute approximate surface area is 252 Å². The maximum absolute atomic E-state index is 14.0. The topological polar surface area (TPSA) is 96.0 Å². The van der Waals surface area contributed by atoms with Crippen molar-refractivity contribution in [2.24, 2.45) is 0 Å². The van der Waals surface area contributed by atoms with E-state index < -0.39 is 28.5 Å². The second-order valence-corrected chi connectivity index (χ2v) is 12.4. The first-order chi connectivity index (χ1) is 19.6. The summed E-state index contributed by atoms with van der Waals surface area (Å²) >= 11 is 7.68. The molecule has 0 unspecified atom stereocenters. The average molecular weight is 618 g/mol. The maximum Gasteiger partial charge on any atom is 0.264 e. The Bertz CT molecular complexity index is 1420. The van der Waals surface area contributed by atoms with E-state index in [0.717, 1.165) is 15.6 Å². The molecule has 0 spiro atoms. The Kier molecular flexibility index (Phi) is 11.9. The lowest BCUT2D eigenvalue weighted by molar-refractivity contribution is -0.139. The van der Waals surface area contributed by atoms with Crippen LogP contribution in [0.4, 0.5) is 5.69 Å². The molecule has 0 aliphatic rings. The lowest BCUT2D eigenvalue weighted by Gasteiger charge is -2.32. The van der Waals surface area contributed by atoms with Crippen molar-refractivity contribution in [2.75, 3.05) is 30.3 Å². The molecule has 3 aromatic carbocycles. The second kappa shape index (κ2) is 15.1. The summed E-state index contributed by atoms with van der Waals surface area (Å²) in [7, 11) is -4.16. The van der Waals surface area contributed by atoms with Crippen LogP contribution in [-0.4, -0.2) is 57.1 Å². The van der Waals surface area contributed by atoms with Gasteiger partial charge in [0.25, 0.3) is 10.0 Å². The number of sulfonamides is 1. The van der Waals surface area contributed by atoms with E-state index in [9.17, 15) is 18.0 Å². The summed E-state index contributed by atoms with van der Waals surface area (Å²) in [6, 6.07) is 19.2. The molecule has 0 radical (unpaired) electrons. The molecule has 0 aliphatic heterocycles. The first-order valence-corrected chi connectivity index (χ1v) is 16.4. The fraction of sp³-hybridized carbons (Fsp3) is 0.333. The van der Waals surface area contributed by atoms with Crippen molar-refractivity contribution in [3.63, 3.8) is 0 Å². The van der Waals surface area contributed by atoms with Gasteiger partial charge in [-0.2, -0.15) is 0 Å². The van der Waals surface area contributed by atoms with Crippen LogP contribution in [0.25, 0.3) is 0 Å². The molecule has 0 fully saturated rings. The standard InChI is InChI=1S/C30H36ClN3O5S2/c1-5-18-32-30(36)22(3)33(20-23-8-7-9-24(31)19-23)29(35)21-34(25-10-12-26(13-11-25)39-6-2)41(37,38)28-16-14-27(40-4)15-17-28/h7-17,19,22H,5-6,18,20-21H2,1-4H3,(H,32,36)/t22-/m1/s1. The van der Waals surface area contributed by atoms with Gasteiger partial charge in [0.1, 0.15) is 18.3 Å². The summed E-state index contributed by atoms with van der Waals surface area (Å²) in [6.07, 6.45) is 2.64. The highest BCUT2D eigenvalue weighted by Gasteiger charge is 2.32. The summed E-state index contributed by atoms with van der Waals surface area (Å²) in [6.45, 7) is 5.88. The van der Waals surface area contributed by atoms with Crippen LogP contribution in [-0.2, 0) is 26.2 Å². The summed E-state index contributed by atoms with van der Waals surface area (Å²) in [5.41, 5.74) is 1.01. The van der Waals surface area contributed by atoms with Gasteiger partial charge in [0.15, 0.2) is 0 Å².